The van der Waals surface area contributed by atoms with Gasteiger partial charge in [0.05, 0.1) is 18.1 Å². The molecule has 2 rings (SSSR count). The van der Waals surface area contributed by atoms with Crippen LogP contribution >= 0.6 is 11.6 Å². The lowest BCUT2D eigenvalue weighted by Crippen LogP contribution is -2.52. The Kier molecular flexibility index (Phi) is 5.38. The Balaban J connectivity index is 2.30. The molecule has 6 nitrogen and oxygen atoms in total. The SMILES string of the molecule is CNC(=O)C(C)C(C)(C)NC(=O)c1ncc(Cl)c(C2CC2)c1OC. The maximum atomic E-state index is 12.7. The molecule has 24 heavy (non-hydrogen) atoms. The summed E-state index contributed by atoms with van der Waals surface area (Å²) in [6, 6.07) is 0. The van der Waals surface area contributed by atoms with E-state index >= 15 is 0 Å². The number of carbonyl (C=O) groups excluding carboxylic acids is 2. The van der Waals surface area contributed by atoms with Crippen LogP contribution in [-0.2, 0) is 4.79 Å². The zero-order valence-electron chi connectivity index (χ0n) is 14.7. The van der Waals surface area contributed by atoms with Gasteiger partial charge >= 0.3 is 0 Å². The first-order valence-corrected chi connectivity index (χ1v) is 8.37. The number of rotatable bonds is 6. The number of nitrogens with one attached hydrogen (secondary N) is 2. The minimum atomic E-state index is -0.747. The number of hydrogen-bond donors (Lipinski definition) is 2. The third-order valence-electron chi connectivity index (χ3n) is 4.59. The van der Waals surface area contributed by atoms with Gasteiger partial charge in [-0.2, -0.15) is 0 Å². The second kappa shape index (κ2) is 6.97. The Morgan fingerprint density at radius 3 is 2.54 bits per heavy atom. The fourth-order valence-corrected chi connectivity index (χ4v) is 2.90. The van der Waals surface area contributed by atoms with Gasteiger partial charge in [0.15, 0.2) is 11.4 Å². The van der Waals surface area contributed by atoms with Gasteiger partial charge in [-0.05, 0) is 32.6 Å². The van der Waals surface area contributed by atoms with E-state index < -0.39 is 11.5 Å². The van der Waals surface area contributed by atoms with E-state index in [1.54, 1.807) is 27.8 Å². The van der Waals surface area contributed by atoms with Crippen LogP contribution in [0, 0.1) is 5.92 Å². The monoisotopic (exact) mass is 353 g/mol. The van der Waals surface area contributed by atoms with E-state index in [0.29, 0.717) is 16.7 Å². The highest BCUT2D eigenvalue weighted by molar-refractivity contribution is 6.31. The molecule has 1 aliphatic rings. The molecule has 1 atom stereocenters. The highest BCUT2D eigenvalue weighted by Crippen LogP contribution is 2.48. The number of halogens is 1. The average molecular weight is 354 g/mol. The molecule has 1 aliphatic carbocycles. The van der Waals surface area contributed by atoms with E-state index in [4.69, 9.17) is 16.3 Å². The molecule has 0 aromatic carbocycles. The molecule has 0 radical (unpaired) electrons. The van der Waals surface area contributed by atoms with Gasteiger partial charge in [-0.1, -0.05) is 18.5 Å². The standard InChI is InChI=1S/C17H24ClN3O3/c1-9(15(22)19-4)17(2,3)21-16(23)13-14(24-5)12(10-6-7-10)11(18)8-20-13/h8-10H,6-7H2,1-5H3,(H,19,22)(H,21,23). The van der Waals surface area contributed by atoms with Crippen molar-refractivity contribution in [2.45, 2.75) is 45.1 Å². The maximum absolute atomic E-state index is 12.7. The first kappa shape index (κ1) is 18.5. The Labute approximate surface area is 147 Å². The van der Waals surface area contributed by atoms with Crippen molar-refractivity contribution >= 4 is 23.4 Å². The van der Waals surface area contributed by atoms with E-state index in [0.717, 1.165) is 18.4 Å². The first-order valence-electron chi connectivity index (χ1n) is 7.99. The highest BCUT2D eigenvalue weighted by atomic mass is 35.5. The summed E-state index contributed by atoms with van der Waals surface area (Å²) in [6.45, 7) is 5.37. The van der Waals surface area contributed by atoms with Crippen LogP contribution in [0.3, 0.4) is 0 Å². The third-order valence-corrected chi connectivity index (χ3v) is 4.89. The highest BCUT2D eigenvalue weighted by Gasteiger charge is 2.36. The van der Waals surface area contributed by atoms with Gasteiger partial charge in [0.2, 0.25) is 5.91 Å². The molecule has 1 heterocycles. The van der Waals surface area contributed by atoms with Crippen LogP contribution in [0.15, 0.2) is 6.20 Å². The molecule has 7 heteroatoms. The number of carbonyl (C=O) groups is 2. The second-order valence-electron chi connectivity index (χ2n) is 6.69. The molecule has 2 N–H and O–H groups in total. The second-order valence-corrected chi connectivity index (χ2v) is 7.09. The zero-order valence-corrected chi connectivity index (χ0v) is 15.5. The van der Waals surface area contributed by atoms with Crippen LogP contribution < -0.4 is 15.4 Å². The van der Waals surface area contributed by atoms with E-state index in [1.807, 2.05) is 0 Å². The minimum Gasteiger partial charge on any atom is -0.494 e. The number of ether oxygens (including phenoxy) is 1. The van der Waals surface area contributed by atoms with Crippen LogP contribution in [0.4, 0.5) is 0 Å². The van der Waals surface area contributed by atoms with Crippen LogP contribution in [0.5, 0.6) is 5.75 Å². The van der Waals surface area contributed by atoms with Gasteiger partial charge < -0.3 is 15.4 Å². The molecule has 1 saturated carbocycles. The molecule has 0 aliphatic heterocycles. The normalized spacial score (nSPS) is 15.6. The predicted molar refractivity (Wildman–Crippen MR) is 92.5 cm³/mol. The summed E-state index contributed by atoms with van der Waals surface area (Å²) in [6.07, 6.45) is 3.54. The number of methoxy groups -OCH3 is 1. The summed E-state index contributed by atoms with van der Waals surface area (Å²) in [4.78, 5) is 28.8. The van der Waals surface area contributed by atoms with Crippen LogP contribution in [0.2, 0.25) is 5.02 Å². The summed E-state index contributed by atoms with van der Waals surface area (Å²) in [7, 11) is 3.08. The largest absolute Gasteiger partial charge is 0.494 e. The lowest BCUT2D eigenvalue weighted by atomic mass is 9.88. The summed E-state index contributed by atoms with van der Waals surface area (Å²) in [5.41, 5.74) is 0.293. The van der Waals surface area contributed by atoms with Gasteiger partial charge in [-0.3, -0.25) is 9.59 Å². The fraction of sp³-hybridized carbons (Fsp3) is 0.588. The molecule has 1 aromatic rings. The summed E-state index contributed by atoms with van der Waals surface area (Å²) in [5, 5.41) is 6.00. The molecule has 132 valence electrons. The molecule has 0 saturated heterocycles. The van der Waals surface area contributed by atoms with Gasteiger partial charge in [0.1, 0.15) is 0 Å². The Morgan fingerprint density at radius 2 is 2.04 bits per heavy atom. The molecular formula is C17H24ClN3O3. The van der Waals surface area contributed by atoms with Crippen molar-refractivity contribution in [3.8, 4) is 5.75 Å². The average Bonchev–Trinajstić information content (AvgIpc) is 3.36. The Hall–Kier alpha value is -1.82. The van der Waals surface area contributed by atoms with E-state index in [1.165, 1.54) is 13.3 Å². The lowest BCUT2D eigenvalue weighted by molar-refractivity contribution is -0.125. The van der Waals surface area contributed by atoms with Gasteiger partial charge in [-0.15, -0.1) is 0 Å². The number of amides is 2. The van der Waals surface area contributed by atoms with Crippen molar-refractivity contribution in [2.24, 2.45) is 5.92 Å². The van der Waals surface area contributed by atoms with Gasteiger partial charge in [0, 0.05) is 24.3 Å². The van der Waals surface area contributed by atoms with Crippen molar-refractivity contribution in [1.29, 1.82) is 0 Å². The van der Waals surface area contributed by atoms with E-state index in [-0.39, 0.29) is 17.5 Å². The number of pyridine rings is 1. The summed E-state index contributed by atoms with van der Waals surface area (Å²) < 4.78 is 5.44. The number of nitrogens with zero attached hydrogens (tertiary/aromatic N) is 1. The van der Waals surface area contributed by atoms with Gasteiger partial charge in [0.25, 0.3) is 5.91 Å². The molecular weight excluding hydrogens is 330 g/mol. The van der Waals surface area contributed by atoms with Crippen molar-refractivity contribution in [2.75, 3.05) is 14.2 Å². The molecule has 2 amide bonds. The van der Waals surface area contributed by atoms with Crippen molar-refractivity contribution in [1.82, 2.24) is 15.6 Å². The zero-order chi connectivity index (χ0) is 18.1. The maximum Gasteiger partial charge on any atom is 0.274 e. The summed E-state index contributed by atoms with van der Waals surface area (Å²) >= 11 is 6.24. The number of aromatic nitrogens is 1. The van der Waals surface area contributed by atoms with Crippen LogP contribution in [-0.4, -0.2) is 36.5 Å². The fourth-order valence-electron chi connectivity index (χ4n) is 2.61. The molecule has 1 aromatic heterocycles. The predicted octanol–water partition coefficient (Wildman–Crippen LogP) is 2.51. The van der Waals surface area contributed by atoms with Crippen molar-refractivity contribution in [3.05, 3.63) is 22.5 Å². The molecule has 0 spiro atoms. The van der Waals surface area contributed by atoms with Crippen LogP contribution in [0.1, 0.15) is 55.6 Å². The van der Waals surface area contributed by atoms with Crippen LogP contribution in [0.25, 0.3) is 0 Å². The lowest BCUT2D eigenvalue weighted by Gasteiger charge is -2.31. The smallest absolute Gasteiger partial charge is 0.274 e. The Bertz CT molecular complexity index is 657. The number of hydrogen-bond acceptors (Lipinski definition) is 4. The van der Waals surface area contributed by atoms with Crippen molar-refractivity contribution < 1.29 is 14.3 Å². The first-order chi connectivity index (χ1) is 11.2. The molecule has 1 unspecified atom stereocenters. The summed E-state index contributed by atoms with van der Waals surface area (Å²) in [5.74, 6) is -0.195. The molecule has 0 bridgehead atoms. The third kappa shape index (κ3) is 3.64. The quantitative estimate of drug-likeness (QED) is 0.823. The Morgan fingerprint density at radius 1 is 1.42 bits per heavy atom. The van der Waals surface area contributed by atoms with Crippen molar-refractivity contribution in [3.63, 3.8) is 0 Å². The molecule has 1 fully saturated rings. The topological polar surface area (TPSA) is 80.3 Å². The van der Waals surface area contributed by atoms with E-state index in [9.17, 15) is 9.59 Å². The van der Waals surface area contributed by atoms with Gasteiger partial charge in [-0.25, -0.2) is 4.98 Å². The minimum absolute atomic E-state index is 0.144. The van der Waals surface area contributed by atoms with E-state index in [2.05, 4.69) is 15.6 Å².